The van der Waals surface area contributed by atoms with Gasteiger partial charge in [-0.05, 0) is 48.4 Å². The van der Waals surface area contributed by atoms with Crippen molar-refractivity contribution >= 4 is 15.9 Å². The van der Waals surface area contributed by atoms with Crippen molar-refractivity contribution in [2.24, 2.45) is 0 Å². The summed E-state index contributed by atoms with van der Waals surface area (Å²) in [4.78, 5) is 4.11. The first kappa shape index (κ1) is 20.1. The Morgan fingerprint density at radius 3 is 2.69 bits per heavy atom. The third-order valence-corrected chi connectivity index (χ3v) is 5.38. The lowest BCUT2D eigenvalue weighted by Crippen LogP contribution is -2.37. The van der Waals surface area contributed by atoms with Gasteiger partial charge in [-0.2, -0.15) is 0 Å². The fourth-order valence-corrected chi connectivity index (χ4v) is 3.62. The van der Waals surface area contributed by atoms with E-state index in [9.17, 15) is 4.39 Å². The average molecular weight is 461 g/mol. The van der Waals surface area contributed by atoms with Crippen LogP contribution in [0.15, 0.2) is 71.7 Å². The van der Waals surface area contributed by atoms with Crippen LogP contribution >= 0.6 is 15.9 Å². The van der Waals surface area contributed by atoms with Crippen molar-refractivity contribution in [3.63, 3.8) is 0 Å². The molecule has 7 heteroatoms. The smallest absolute Gasteiger partial charge is 0.187 e. The lowest BCUT2D eigenvalue weighted by Gasteiger charge is -2.28. The summed E-state index contributed by atoms with van der Waals surface area (Å²) in [5.41, 5.74) is 1.04. The van der Waals surface area contributed by atoms with Gasteiger partial charge in [0.15, 0.2) is 5.79 Å². The zero-order valence-electron chi connectivity index (χ0n) is 15.8. The zero-order chi connectivity index (χ0) is 20.1. The van der Waals surface area contributed by atoms with Gasteiger partial charge in [0.2, 0.25) is 0 Å². The van der Waals surface area contributed by atoms with Crippen LogP contribution in [0.2, 0.25) is 0 Å². The Balaban J connectivity index is 1.40. The fraction of sp³-hybridized carbons (Fsp3) is 0.318. The number of imidazole rings is 1. The fourth-order valence-electron chi connectivity index (χ4n) is 3.36. The van der Waals surface area contributed by atoms with E-state index in [0.29, 0.717) is 26.2 Å². The maximum Gasteiger partial charge on any atom is 0.187 e. The molecule has 0 radical (unpaired) electrons. The summed E-state index contributed by atoms with van der Waals surface area (Å²) < 4.78 is 34.5. The molecule has 152 valence electrons. The van der Waals surface area contributed by atoms with Crippen LogP contribution in [0, 0.1) is 5.82 Å². The summed E-state index contributed by atoms with van der Waals surface area (Å²) in [5.74, 6) is -0.223. The lowest BCUT2D eigenvalue weighted by molar-refractivity contribution is -0.184. The Kier molecular flexibility index (Phi) is 6.28. The van der Waals surface area contributed by atoms with E-state index in [0.717, 1.165) is 22.2 Å². The van der Waals surface area contributed by atoms with Crippen LogP contribution in [0.4, 0.5) is 4.39 Å². The highest BCUT2D eigenvalue weighted by Gasteiger charge is 2.42. The average Bonchev–Trinajstić information content (AvgIpc) is 3.38. The first-order chi connectivity index (χ1) is 14.1. The molecule has 5 nitrogen and oxygen atoms in total. The molecular formula is C22H22BrFN2O3. The first-order valence-electron chi connectivity index (χ1n) is 9.51. The molecule has 1 saturated heterocycles. The number of benzene rings is 2. The molecule has 0 N–H and O–H groups in total. The van der Waals surface area contributed by atoms with E-state index in [-0.39, 0.29) is 11.9 Å². The van der Waals surface area contributed by atoms with E-state index >= 15 is 0 Å². The predicted octanol–water partition coefficient (Wildman–Crippen LogP) is 4.61. The molecule has 0 aliphatic carbocycles. The molecule has 29 heavy (non-hydrogen) atoms. The van der Waals surface area contributed by atoms with Gasteiger partial charge in [0.25, 0.3) is 0 Å². The number of hydrogen-bond donors (Lipinski definition) is 0. The van der Waals surface area contributed by atoms with Crippen molar-refractivity contribution in [3.8, 4) is 5.75 Å². The molecule has 0 bridgehead atoms. The maximum atomic E-state index is 13.2. The number of nitrogens with zero attached hydrogens (tertiary/aromatic N) is 2. The van der Waals surface area contributed by atoms with E-state index in [4.69, 9.17) is 14.2 Å². The minimum Gasteiger partial charge on any atom is -0.491 e. The highest BCUT2D eigenvalue weighted by molar-refractivity contribution is 9.10. The first-order valence-corrected chi connectivity index (χ1v) is 10.3. The Bertz CT molecular complexity index is 903. The molecule has 1 fully saturated rings. The van der Waals surface area contributed by atoms with Gasteiger partial charge >= 0.3 is 0 Å². The summed E-state index contributed by atoms with van der Waals surface area (Å²) >= 11 is 3.42. The number of aryl methyl sites for hydroxylation is 1. The van der Waals surface area contributed by atoms with E-state index in [1.165, 1.54) is 12.1 Å². The molecule has 4 rings (SSSR count). The Morgan fingerprint density at radius 2 is 1.97 bits per heavy atom. The maximum absolute atomic E-state index is 13.2. The molecule has 3 aromatic rings. The molecule has 1 aromatic heterocycles. The molecule has 0 amide bonds. The standard InChI is InChI=1S/C22H22BrFN2O3/c23-18-3-7-20(8-4-18)27-13-21-14-28-22(29-21,15-26-12-11-25-16-26)10-9-17-1-5-19(24)6-2-17/h1-8,11-12,16,21H,9-10,13-15H2. The molecule has 0 saturated carbocycles. The van der Waals surface area contributed by atoms with Crippen molar-refractivity contribution in [1.82, 2.24) is 9.55 Å². The van der Waals surface area contributed by atoms with Crippen molar-refractivity contribution in [2.45, 2.75) is 31.3 Å². The van der Waals surface area contributed by atoms with Gasteiger partial charge in [-0.25, -0.2) is 9.37 Å². The summed E-state index contributed by atoms with van der Waals surface area (Å²) in [6, 6.07) is 14.2. The Hall–Kier alpha value is -2.22. The topological polar surface area (TPSA) is 45.5 Å². The number of hydrogen-bond acceptors (Lipinski definition) is 4. The van der Waals surface area contributed by atoms with E-state index < -0.39 is 5.79 Å². The molecule has 2 atom stereocenters. The quantitative estimate of drug-likeness (QED) is 0.492. The Morgan fingerprint density at radius 1 is 1.17 bits per heavy atom. The van der Waals surface area contributed by atoms with Crippen LogP contribution in [-0.4, -0.2) is 34.7 Å². The highest BCUT2D eigenvalue weighted by Crippen LogP contribution is 2.31. The summed E-state index contributed by atoms with van der Waals surface area (Å²) in [7, 11) is 0. The van der Waals surface area contributed by atoms with Gasteiger partial charge in [-0.3, -0.25) is 0 Å². The molecule has 2 unspecified atom stereocenters. The van der Waals surface area contributed by atoms with Crippen molar-refractivity contribution in [1.29, 1.82) is 0 Å². The minimum atomic E-state index is -0.775. The summed E-state index contributed by atoms with van der Waals surface area (Å²) in [6.45, 7) is 1.39. The molecule has 1 aliphatic heterocycles. The van der Waals surface area contributed by atoms with Crippen LogP contribution in [-0.2, 0) is 22.4 Å². The zero-order valence-corrected chi connectivity index (χ0v) is 17.4. The van der Waals surface area contributed by atoms with Crippen LogP contribution < -0.4 is 4.74 Å². The third-order valence-electron chi connectivity index (χ3n) is 4.85. The van der Waals surface area contributed by atoms with Gasteiger partial charge in [0.1, 0.15) is 24.3 Å². The largest absolute Gasteiger partial charge is 0.491 e. The minimum absolute atomic E-state index is 0.171. The molecule has 2 aromatic carbocycles. The second kappa shape index (κ2) is 9.07. The highest BCUT2D eigenvalue weighted by atomic mass is 79.9. The molecule has 1 aliphatic rings. The second-order valence-electron chi connectivity index (χ2n) is 7.09. The number of aromatic nitrogens is 2. The van der Waals surface area contributed by atoms with Crippen LogP contribution in [0.5, 0.6) is 5.75 Å². The lowest BCUT2D eigenvalue weighted by atomic mass is 10.0. The van der Waals surface area contributed by atoms with Gasteiger partial charge in [0, 0.05) is 23.3 Å². The monoisotopic (exact) mass is 460 g/mol. The summed E-state index contributed by atoms with van der Waals surface area (Å²) in [6.07, 6.45) is 6.56. The van der Waals surface area contributed by atoms with Gasteiger partial charge < -0.3 is 18.8 Å². The van der Waals surface area contributed by atoms with Gasteiger partial charge in [-0.15, -0.1) is 0 Å². The molecular weight excluding hydrogens is 439 g/mol. The van der Waals surface area contributed by atoms with Gasteiger partial charge in [0.05, 0.1) is 19.5 Å². The molecule has 0 spiro atoms. The number of rotatable bonds is 8. The SMILES string of the molecule is Fc1ccc(CCC2(Cn3ccnc3)OCC(COc3ccc(Br)cc3)O2)cc1. The van der Waals surface area contributed by atoms with Crippen LogP contribution in [0.3, 0.4) is 0 Å². The number of halogens is 2. The number of ether oxygens (including phenoxy) is 3. The van der Waals surface area contributed by atoms with Crippen molar-refractivity contribution in [3.05, 3.63) is 83.1 Å². The molecule has 2 heterocycles. The van der Waals surface area contributed by atoms with E-state index in [1.54, 1.807) is 24.7 Å². The Labute approximate surface area is 177 Å². The van der Waals surface area contributed by atoms with E-state index in [1.807, 2.05) is 35.0 Å². The van der Waals surface area contributed by atoms with Crippen molar-refractivity contribution in [2.75, 3.05) is 13.2 Å². The van der Waals surface area contributed by atoms with E-state index in [2.05, 4.69) is 20.9 Å². The van der Waals surface area contributed by atoms with Gasteiger partial charge in [-0.1, -0.05) is 28.1 Å². The second-order valence-corrected chi connectivity index (χ2v) is 8.00. The van der Waals surface area contributed by atoms with Crippen LogP contribution in [0.25, 0.3) is 0 Å². The normalized spacial score (nSPS) is 21.4. The predicted molar refractivity (Wildman–Crippen MR) is 110 cm³/mol. The third kappa shape index (κ3) is 5.44. The summed E-state index contributed by atoms with van der Waals surface area (Å²) in [5, 5.41) is 0. The van der Waals surface area contributed by atoms with Crippen LogP contribution in [0.1, 0.15) is 12.0 Å². The van der Waals surface area contributed by atoms with Crippen molar-refractivity contribution < 1.29 is 18.6 Å².